The molecule has 15 heavy (non-hydrogen) atoms. The Morgan fingerprint density at radius 1 is 1.47 bits per heavy atom. The van der Waals surface area contributed by atoms with Gasteiger partial charge in [0.15, 0.2) is 0 Å². The predicted molar refractivity (Wildman–Crippen MR) is 57.1 cm³/mol. The van der Waals surface area contributed by atoms with Crippen LogP contribution in [0.4, 0.5) is 0 Å². The summed E-state index contributed by atoms with van der Waals surface area (Å²) in [4.78, 5) is 13.9. The van der Waals surface area contributed by atoms with Gasteiger partial charge in [0.05, 0.1) is 11.6 Å². The Balaban J connectivity index is 1.99. The summed E-state index contributed by atoms with van der Waals surface area (Å²) in [6, 6.07) is 0. The van der Waals surface area contributed by atoms with Crippen molar-refractivity contribution in [3.05, 3.63) is 0 Å². The number of carbonyl (C=O) groups excluding carboxylic acids is 1. The maximum atomic E-state index is 12.1. The second kappa shape index (κ2) is 3.76. The van der Waals surface area contributed by atoms with Crippen molar-refractivity contribution in [2.24, 2.45) is 11.7 Å². The molecule has 0 radical (unpaired) electrons. The van der Waals surface area contributed by atoms with E-state index < -0.39 is 5.54 Å². The standard InChI is InChI=1S/C11H20N2O2/c1-11(12,8-4-5-8)10(15)13-6-2-3-9(14)7-13/h8-9,14H,2-7,12H2,1H3/t9-,11?/m0/s1. The molecule has 2 atom stereocenters. The first kappa shape index (κ1) is 10.9. The first-order valence-electron chi connectivity index (χ1n) is 5.78. The lowest BCUT2D eigenvalue weighted by molar-refractivity contribution is -0.140. The van der Waals surface area contributed by atoms with Crippen molar-refractivity contribution >= 4 is 5.91 Å². The molecule has 4 heteroatoms. The zero-order chi connectivity index (χ0) is 11.1. The average molecular weight is 212 g/mol. The number of hydrogen-bond acceptors (Lipinski definition) is 3. The molecule has 2 fully saturated rings. The highest BCUT2D eigenvalue weighted by Gasteiger charge is 2.46. The van der Waals surface area contributed by atoms with Crippen LogP contribution in [0.2, 0.25) is 0 Å². The van der Waals surface area contributed by atoms with E-state index in [1.165, 1.54) is 0 Å². The van der Waals surface area contributed by atoms with Gasteiger partial charge in [-0.2, -0.15) is 0 Å². The number of aliphatic hydroxyl groups excluding tert-OH is 1. The molecule has 1 aliphatic carbocycles. The van der Waals surface area contributed by atoms with Gasteiger partial charge in [0.2, 0.25) is 5.91 Å². The lowest BCUT2D eigenvalue weighted by Crippen LogP contribution is -2.57. The molecule has 1 saturated carbocycles. The Kier molecular flexibility index (Phi) is 2.73. The highest BCUT2D eigenvalue weighted by Crippen LogP contribution is 2.39. The second-order valence-electron chi connectivity index (χ2n) is 5.10. The van der Waals surface area contributed by atoms with Gasteiger partial charge in [0, 0.05) is 13.1 Å². The Morgan fingerprint density at radius 2 is 2.13 bits per heavy atom. The first-order valence-corrected chi connectivity index (χ1v) is 5.78. The van der Waals surface area contributed by atoms with E-state index in [9.17, 15) is 9.90 Å². The van der Waals surface area contributed by atoms with Crippen LogP contribution in [-0.2, 0) is 4.79 Å². The van der Waals surface area contributed by atoms with E-state index in [2.05, 4.69) is 0 Å². The number of likely N-dealkylation sites (tertiary alicyclic amines) is 1. The van der Waals surface area contributed by atoms with Gasteiger partial charge in [-0.1, -0.05) is 0 Å². The van der Waals surface area contributed by atoms with Crippen molar-refractivity contribution in [3.8, 4) is 0 Å². The van der Waals surface area contributed by atoms with E-state index in [-0.39, 0.29) is 12.0 Å². The van der Waals surface area contributed by atoms with E-state index in [1.807, 2.05) is 6.92 Å². The minimum Gasteiger partial charge on any atom is -0.391 e. The van der Waals surface area contributed by atoms with E-state index >= 15 is 0 Å². The number of amides is 1. The fourth-order valence-electron chi connectivity index (χ4n) is 2.34. The molecule has 0 aromatic heterocycles. The van der Waals surface area contributed by atoms with Crippen molar-refractivity contribution in [2.75, 3.05) is 13.1 Å². The van der Waals surface area contributed by atoms with Crippen LogP contribution in [0, 0.1) is 5.92 Å². The maximum Gasteiger partial charge on any atom is 0.242 e. The molecule has 2 aliphatic rings. The molecule has 1 heterocycles. The zero-order valence-corrected chi connectivity index (χ0v) is 9.28. The molecule has 4 nitrogen and oxygen atoms in total. The van der Waals surface area contributed by atoms with E-state index in [0.29, 0.717) is 12.5 Å². The molecule has 86 valence electrons. The Morgan fingerprint density at radius 3 is 2.67 bits per heavy atom. The van der Waals surface area contributed by atoms with E-state index in [1.54, 1.807) is 4.90 Å². The van der Waals surface area contributed by atoms with Crippen molar-refractivity contribution in [3.63, 3.8) is 0 Å². The number of piperidine rings is 1. The number of aliphatic hydroxyl groups is 1. The Hall–Kier alpha value is -0.610. The fourth-order valence-corrected chi connectivity index (χ4v) is 2.34. The van der Waals surface area contributed by atoms with Crippen LogP contribution in [0.25, 0.3) is 0 Å². The van der Waals surface area contributed by atoms with Crippen molar-refractivity contribution in [1.82, 2.24) is 4.90 Å². The summed E-state index contributed by atoms with van der Waals surface area (Å²) in [5.74, 6) is 0.368. The van der Waals surface area contributed by atoms with Gasteiger partial charge in [-0.25, -0.2) is 0 Å². The Labute approximate surface area is 90.4 Å². The maximum absolute atomic E-state index is 12.1. The molecule has 1 amide bonds. The van der Waals surface area contributed by atoms with Crippen LogP contribution in [0.3, 0.4) is 0 Å². The topological polar surface area (TPSA) is 66.6 Å². The lowest BCUT2D eigenvalue weighted by atomic mass is 9.94. The molecule has 1 aliphatic heterocycles. The average Bonchev–Trinajstić information content (AvgIpc) is 2.99. The SMILES string of the molecule is CC(N)(C(=O)N1CCC[C@H](O)C1)C1CC1. The lowest BCUT2D eigenvalue weighted by Gasteiger charge is -2.36. The van der Waals surface area contributed by atoms with E-state index in [4.69, 9.17) is 5.73 Å². The summed E-state index contributed by atoms with van der Waals surface area (Å²) in [5, 5.41) is 9.51. The molecule has 3 N–H and O–H groups in total. The van der Waals surface area contributed by atoms with Gasteiger partial charge < -0.3 is 15.7 Å². The first-order chi connectivity index (χ1) is 7.01. The molecular weight excluding hydrogens is 192 g/mol. The summed E-state index contributed by atoms with van der Waals surface area (Å²) in [5.41, 5.74) is 5.36. The summed E-state index contributed by atoms with van der Waals surface area (Å²) < 4.78 is 0. The third kappa shape index (κ3) is 2.16. The molecular formula is C11H20N2O2. The summed E-state index contributed by atoms with van der Waals surface area (Å²) >= 11 is 0. The van der Waals surface area contributed by atoms with Crippen LogP contribution in [0.1, 0.15) is 32.6 Å². The normalized spacial score (nSPS) is 31.1. The smallest absolute Gasteiger partial charge is 0.242 e. The van der Waals surface area contributed by atoms with Crippen LogP contribution in [0.5, 0.6) is 0 Å². The molecule has 2 rings (SSSR count). The Bertz CT molecular complexity index is 261. The van der Waals surface area contributed by atoms with Crippen LogP contribution in [0.15, 0.2) is 0 Å². The van der Waals surface area contributed by atoms with Gasteiger partial charge in [-0.3, -0.25) is 4.79 Å². The number of nitrogens with two attached hydrogens (primary N) is 1. The predicted octanol–water partition coefficient (Wildman–Crippen LogP) is 0.0971. The quantitative estimate of drug-likeness (QED) is 0.682. The van der Waals surface area contributed by atoms with Gasteiger partial charge in [0.1, 0.15) is 0 Å². The van der Waals surface area contributed by atoms with Crippen LogP contribution >= 0.6 is 0 Å². The van der Waals surface area contributed by atoms with Crippen molar-refractivity contribution < 1.29 is 9.90 Å². The number of carbonyl (C=O) groups is 1. The van der Waals surface area contributed by atoms with Crippen LogP contribution < -0.4 is 5.73 Å². The number of hydrogen-bond donors (Lipinski definition) is 2. The van der Waals surface area contributed by atoms with E-state index in [0.717, 1.165) is 32.2 Å². The minimum absolute atomic E-state index is 0.0174. The fraction of sp³-hybridized carbons (Fsp3) is 0.909. The summed E-state index contributed by atoms with van der Waals surface area (Å²) in [6.07, 6.45) is 3.45. The third-order valence-corrected chi connectivity index (χ3v) is 3.57. The van der Waals surface area contributed by atoms with Gasteiger partial charge in [-0.15, -0.1) is 0 Å². The van der Waals surface area contributed by atoms with Crippen molar-refractivity contribution in [2.45, 2.75) is 44.2 Å². The molecule has 0 aromatic rings. The third-order valence-electron chi connectivity index (χ3n) is 3.57. The molecule has 0 bridgehead atoms. The number of nitrogens with zero attached hydrogens (tertiary/aromatic N) is 1. The number of β-amino-alcohol motifs (C(OH)–C–C–N with tert-alkyl or cyclic N) is 1. The highest BCUT2D eigenvalue weighted by molar-refractivity contribution is 5.86. The second-order valence-corrected chi connectivity index (χ2v) is 5.10. The zero-order valence-electron chi connectivity index (χ0n) is 9.28. The minimum atomic E-state index is -0.711. The largest absolute Gasteiger partial charge is 0.391 e. The molecule has 0 aromatic carbocycles. The monoisotopic (exact) mass is 212 g/mol. The molecule has 0 spiro atoms. The van der Waals surface area contributed by atoms with Gasteiger partial charge >= 0.3 is 0 Å². The highest BCUT2D eigenvalue weighted by atomic mass is 16.3. The number of rotatable bonds is 2. The molecule has 1 unspecified atom stereocenters. The van der Waals surface area contributed by atoms with Crippen LogP contribution in [-0.4, -0.2) is 40.6 Å². The van der Waals surface area contributed by atoms with Crippen molar-refractivity contribution in [1.29, 1.82) is 0 Å². The summed E-state index contributed by atoms with van der Waals surface area (Å²) in [6.45, 7) is 3.03. The van der Waals surface area contributed by atoms with Gasteiger partial charge in [0.25, 0.3) is 0 Å². The molecule has 1 saturated heterocycles. The summed E-state index contributed by atoms with van der Waals surface area (Å²) in [7, 11) is 0. The van der Waals surface area contributed by atoms with Gasteiger partial charge in [-0.05, 0) is 38.5 Å².